The van der Waals surface area contributed by atoms with E-state index in [0.717, 1.165) is 6.07 Å². The van der Waals surface area contributed by atoms with Gasteiger partial charge in [-0.25, -0.2) is 23.1 Å². The molecular weight excluding hydrogens is 502 g/mol. The fourth-order valence-electron chi connectivity index (χ4n) is 3.71. The zero-order valence-electron chi connectivity index (χ0n) is 19.9. The van der Waals surface area contributed by atoms with Crippen molar-refractivity contribution in [3.63, 3.8) is 0 Å². The number of nitrogens with one attached hydrogen (secondary N) is 1. The quantitative estimate of drug-likeness (QED) is 0.370. The molecule has 0 fully saturated rings. The van der Waals surface area contributed by atoms with Crippen molar-refractivity contribution in [1.82, 2.24) is 19.5 Å². The van der Waals surface area contributed by atoms with Gasteiger partial charge in [0.25, 0.3) is 0 Å². The smallest absolute Gasteiger partial charge is 0.332 e. The number of rotatable bonds is 8. The van der Waals surface area contributed by atoms with Crippen molar-refractivity contribution < 1.29 is 32.5 Å². The fourth-order valence-corrected chi connectivity index (χ4v) is 4.01. The molecule has 190 valence electrons. The number of hydrogen-bond donors (Lipinski definition) is 1. The number of methoxy groups -OCH3 is 4. The Hall–Kier alpha value is -4.06. The number of aromatic nitrogens is 4. The Morgan fingerprint density at radius 3 is 2.36 bits per heavy atom. The lowest BCUT2D eigenvalue weighted by atomic mass is 10.2. The largest absolute Gasteiger partial charge is 0.496 e. The maximum absolute atomic E-state index is 14.5. The maximum Gasteiger partial charge on any atom is 0.332 e. The minimum absolute atomic E-state index is 0.00875. The number of H-pyrrole nitrogens is 1. The van der Waals surface area contributed by atoms with E-state index in [-0.39, 0.29) is 56.3 Å². The Morgan fingerprint density at radius 1 is 1.00 bits per heavy atom. The molecule has 2 heterocycles. The zero-order chi connectivity index (χ0) is 26.1. The molecule has 4 rings (SSSR count). The molecule has 2 aromatic heterocycles. The highest BCUT2D eigenvalue weighted by molar-refractivity contribution is 6.34. The van der Waals surface area contributed by atoms with Crippen LogP contribution in [0.25, 0.3) is 16.9 Å². The van der Waals surface area contributed by atoms with Crippen LogP contribution >= 0.6 is 11.6 Å². The van der Waals surface area contributed by atoms with Crippen molar-refractivity contribution in [2.24, 2.45) is 0 Å². The van der Waals surface area contributed by atoms with Crippen LogP contribution in [-0.4, -0.2) is 48.0 Å². The first kappa shape index (κ1) is 25.0. The van der Waals surface area contributed by atoms with Crippen LogP contribution in [0.1, 0.15) is 11.4 Å². The van der Waals surface area contributed by atoms with Gasteiger partial charge in [0.2, 0.25) is 11.6 Å². The van der Waals surface area contributed by atoms with E-state index < -0.39 is 23.9 Å². The zero-order valence-corrected chi connectivity index (χ0v) is 20.6. The third-order valence-electron chi connectivity index (χ3n) is 5.32. The number of aromatic amines is 1. The van der Waals surface area contributed by atoms with E-state index in [1.807, 2.05) is 0 Å². The third-order valence-corrected chi connectivity index (χ3v) is 5.69. The molecule has 0 saturated carbocycles. The summed E-state index contributed by atoms with van der Waals surface area (Å²) in [7, 11) is 5.43. The molecule has 0 aliphatic rings. The van der Waals surface area contributed by atoms with E-state index in [1.165, 1.54) is 45.1 Å². The first-order chi connectivity index (χ1) is 17.2. The molecule has 13 heteroatoms. The Bertz CT molecular complexity index is 1520. The average Bonchev–Trinajstić information content (AvgIpc) is 3.19. The molecule has 4 aromatic rings. The second-order valence-electron chi connectivity index (χ2n) is 7.35. The van der Waals surface area contributed by atoms with Crippen LogP contribution in [0.15, 0.2) is 23.0 Å². The Kier molecular flexibility index (Phi) is 6.88. The first-order valence-electron chi connectivity index (χ1n) is 10.4. The molecule has 0 bridgehead atoms. The minimum atomic E-state index is -1.12. The van der Waals surface area contributed by atoms with Crippen LogP contribution in [0.4, 0.5) is 8.78 Å². The van der Waals surface area contributed by atoms with E-state index in [0.29, 0.717) is 5.82 Å². The van der Waals surface area contributed by atoms with Gasteiger partial charge in [-0.15, -0.1) is 0 Å². The van der Waals surface area contributed by atoms with Gasteiger partial charge in [-0.1, -0.05) is 11.6 Å². The number of ether oxygens (including phenoxy) is 5. The highest BCUT2D eigenvalue weighted by Gasteiger charge is 2.26. The lowest BCUT2D eigenvalue weighted by Crippen LogP contribution is -2.16. The van der Waals surface area contributed by atoms with Crippen LogP contribution in [0.5, 0.6) is 28.9 Å². The molecule has 36 heavy (non-hydrogen) atoms. The van der Waals surface area contributed by atoms with Crippen LogP contribution < -0.4 is 29.4 Å². The second kappa shape index (κ2) is 9.90. The number of nitrogens with zero attached hydrogens (tertiary/aromatic N) is 3. The molecule has 0 radical (unpaired) electrons. The molecule has 2 aromatic carbocycles. The molecule has 10 nitrogen and oxygen atoms in total. The SMILES string of the molecule is COc1ccc(F)c(F)c1COc1cc(-n2c(=O)[nH]c3c(OC)nc(C)nc32)c(Cl)c(OC)c1OC. The number of fused-ring (bicyclic) bond motifs is 1. The monoisotopic (exact) mass is 522 g/mol. The van der Waals surface area contributed by atoms with Gasteiger partial charge in [-0.3, -0.25) is 4.98 Å². The van der Waals surface area contributed by atoms with Crippen molar-refractivity contribution in [3.05, 3.63) is 56.7 Å². The van der Waals surface area contributed by atoms with E-state index in [4.69, 9.17) is 35.3 Å². The minimum Gasteiger partial charge on any atom is -0.496 e. The number of halogens is 3. The summed E-state index contributed by atoms with van der Waals surface area (Å²) in [6, 6.07) is 3.62. The van der Waals surface area contributed by atoms with Crippen molar-refractivity contribution in [2.45, 2.75) is 13.5 Å². The Morgan fingerprint density at radius 2 is 1.72 bits per heavy atom. The van der Waals surface area contributed by atoms with Gasteiger partial charge in [-0.05, 0) is 19.1 Å². The van der Waals surface area contributed by atoms with Gasteiger partial charge in [0.1, 0.15) is 28.7 Å². The molecule has 0 aliphatic heterocycles. The van der Waals surface area contributed by atoms with Crippen LogP contribution in [-0.2, 0) is 6.61 Å². The summed E-state index contributed by atoms with van der Waals surface area (Å²) in [5.74, 6) is -1.47. The van der Waals surface area contributed by atoms with Gasteiger partial charge >= 0.3 is 5.69 Å². The number of benzene rings is 2. The van der Waals surface area contributed by atoms with Gasteiger partial charge in [0.05, 0.1) is 39.7 Å². The predicted octanol–water partition coefficient (Wildman–Crippen LogP) is 3.96. The second-order valence-corrected chi connectivity index (χ2v) is 7.73. The normalized spacial score (nSPS) is 11.0. The topological polar surface area (TPSA) is 110 Å². The van der Waals surface area contributed by atoms with Gasteiger partial charge in [0, 0.05) is 6.07 Å². The highest BCUT2D eigenvalue weighted by Crippen LogP contribution is 2.46. The lowest BCUT2D eigenvalue weighted by molar-refractivity contribution is 0.263. The Balaban J connectivity index is 1.91. The van der Waals surface area contributed by atoms with Crippen LogP contribution in [0, 0.1) is 18.6 Å². The third kappa shape index (κ3) is 4.13. The summed E-state index contributed by atoms with van der Waals surface area (Å²) in [6.45, 7) is 1.20. The summed E-state index contributed by atoms with van der Waals surface area (Å²) in [5.41, 5.74) is -0.212. The van der Waals surface area contributed by atoms with Gasteiger partial charge in [0.15, 0.2) is 28.8 Å². The van der Waals surface area contributed by atoms with Crippen molar-refractivity contribution >= 4 is 22.8 Å². The van der Waals surface area contributed by atoms with E-state index in [1.54, 1.807) is 6.92 Å². The molecule has 0 amide bonds. The summed E-state index contributed by atoms with van der Waals surface area (Å²) in [5, 5.41) is 0.00875. The maximum atomic E-state index is 14.5. The summed E-state index contributed by atoms with van der Waals surface area (Å²) >= 11 is 6.61. The van der Waals surface area contributed by atoms with Crippen molar-refractivity contribution in [2.75, 3.05) is 28.4 Å². The van der Waals surface area contributed by atoms with Gasteiger partial charge in [-0.2, -0.15) is 4.98 Å². The predicted molar refractivity (Wildman–Crippen MR) is 126 cm³/mol. The molecule has 1 N–H and O–H groups in total. The number of imidazole rings is 1. The number of hydrogen-bond acceptors (Lipinski definition) is 8. The fraction of sp³-hybridized carbons (Fsp3) is 0.261. The molecule has 0 aliphatic carbocycles. The van der Waals surface area contributed by atoms with Crippen LogP contribution in [0.2, 0.25) is 5.02 Å². The van der Waals surface area contributed by atoms with E-state index in [9.17, 15) is 13.6 Å². The first-order valence-corrected chi connectivity index (χ1v) is 10.7. The standard InChI is InChI=1S/C23H21ClF2N4O6/c1-10-27-21-18(22(28-10)35-5)29-23(31)30(21)13-8-15(19(33-3)20(34-4)16(13)24)36-9-11-14(32-2)7-6-12(25)17(11)26/h6-8H,9H2,1-5H3,(H,29,31). The summed E-state index contributed by atoms with van der Waals surface area (Å²) in [6.07, 6.45) is 0. The Labute approximate surface area is 208 Å². The van der Waals surface area contributed by atoms with Gasteiger partial charge < -0.3 is 23.7 Å². The average molecular weight is 523 g/mol. The molecule has 0 atom stereocenters. The highest BCUT2D eigenvalue weighted by atomic mass is 35.5. The van der Waals surface area contributed by atoms with Crippen molar-refractivity contribution in [3.8, 4) is 34.6 Å². The summed E-state index contributed by atoms with van der Waals surface area (Å²) < 4.78 is 56.6. The van der Waals surface area contributed by atoms with E-state index in [2.05, 4.69) is 15.0 Å². The lowest BCUT2D eigenvalue weighted by Gasteiger charge is -2.19. The number of aryl methyl sites for hydroxylation is 1. The molecule has 0 unspecified atom stereocenters. The van der Waals surface area contributed by atoms with Crippen LogP contribution in [0.3, 0.4) is 0 Å². The summed E-state index contributed by atoms with van der Waals surface area (Å²) in [4.78, 5) is 24.2. The van der Waals surface area contributed by atoms with E-state index >= 15 is 0 Å². The molecule has 0 spiro atoms. The van der Waals surface area contributed by atoms with Crippen molar-refractivity contribution in [1.29, 1.82) is 0 Å². The molecule has 0 saturated heterocycles. The molecular formula is C23H21ClF2N4O6.